The zero-order valence-corrected chi connectivity index (χ0v) is 12.1. The maximum Gasteiger partial charge on any atom is 0.251 e. The first-order valence-corrected chi connectivity index (χ1v) is 6.90. The number of ether oxygens (including phenoxy) is 1. The molecule has 0 spiro atoms. The van der Waals surface area contributed by atoms with E-state index in [0.29, 0.717) is 11.4 Å². The van der Waals surface area contributed by atoms with Crippen molar-refractivity contribution in [2.24, 2.45) is 0 Å². The van der Waals surface area contributed by atoms with Crippen LogP contribution >= 0.6 is 0 Å². The van der Waals surface area contributed by atoms with Crippen molar-refractivity contribution in [1.29, 1.82) is 0 Å². The summed E-state index contributed by atoms with van der Waals surface area (Å²) in [5, 5.41) is 2.99. The van der Waals surface area contributed by atoms with Crippen LogP contribution < -0.4 is 11.1 Å². The zero-order valence-electron chi connectivity index (χ0n) is 12.1. The smallest absolute Gasteiger partial charge is 0.251 e. The molecular formula is C14H22N4O2. The van der Waals surface area contributed by atoms with Gasteiger partial charge in [-0.1, -0.05) is 0 Å². The van der Waals surface area contributed by atoms with Crippen LogP contribution in [0.4, 0.5) is 5.82 Å². The molecule has 20 heavy (non-hydrogen) atoms. The van der Waals surface area contributed by atoms with Gasteiger partial charge in [0, 0.05) is 36.9 Å². The number of nitrogens with one attached hydrogen (secondary N) is 1. The molecule has 1 amide bonds. The summed E-state index contributed by atoms with van der Waals surface area (Å²) in [6.45, 7) is 8.02. The fourth-order valence-corrected chi connectivity index (χ4v) is 2.35. The van der Waals surface area contributed by atoms with Crippen molar-refractivity contribution in [2.75, 3.05) is 38.6 Å². The molecular weight excluding hydrogens is 256 g/mol. The minimum atomic E-state index is -0.108. The summed E-state index contributed by atoms with van der Waals surface area (Å²) in [6.07, 6.45) is 0. The lowest BCUT2D eigenvalue weighted by Gasteiger charge is -2.29. The lowest BCUT2D eigenvalue weighted by Crippen LogP contribution is -2.46. The third kappa shape index (κ3) is 4.18. The van der Waals surface area contributed by atoms with Crippen molar-refractivity contribution >= 4 is 11.7 Å². The SMILES string of the molecule is Cc1cc(C(=O)NC(C)CN2CCOCC2)cc(N)n1. The minimum Gasteiger partial charge on any atom is -0.384 e. The van der Waals surface area contributed by atoms with Crippen molar-refractivity contribution in [2.45, 2.75) is 19.9 Å². The van der Waals surface area contributed by atoms with E-state index >= 15 is 0 Å². The van der Waals surface area contributed by atoms with E-state index in [-0.39, 0.29) is 11.9 Å². The molecule has 1 aromatic heterocycles. The molecule has 3 N–H and O–H groups in total. The lowest BCUT2D eigenvalue weighted by atomic mass is 10.2. The van der Waals surface area contributed by atoms with E-state index in [1.165, 1.54) is 0 Å². The second-order valence-corrected chi connectivity index (χ2v) is 5.21. The number of nitrogen functional groups attached to an aromatic ring is 1. The van der Waals surface area contributed by atoms with Crippen LogP contribution in [0.25, 0.3) is 0 Å². The largest absolute Gasteiger partial charge is 0.384 e. The Balaban J connectivity index is 1.89. The van der Waals surface area contributed by atoms with Gasteiger partial charge in [-0.15, -0.1) is 0 Å². The fraction of sp³-hybridized carbons (Fsp3) is 0.571. The van der Waals surface area contributed by atoms with Gasteiger partial charge in [0.15, 0.2) is 0 Å². The summed E-state index contributed by atoms with van der Waals surface area (Å²) >= 11 is 0. The number of morpholine rings is 1. The second kappa shape index (κ2) is 6.67. The Hall–Kier alpha value is -1.66. The van der Waals surface area contributed by atoms with Crippen LogP contribution in [0.15, 0.2) is 12.1 Å². The molecule has 0 bridgehead atoms. The molecule has 1 aromatic rings. The van der Waals surface area contributed by atoms with Gasteiger partial charge in [0.2, 0.25) is 0 Å². The predicted octanol–water partition coefficient (Wildman–Crippen LogP) is 0.423. The van der Waals surface area contributed by atoms with Crippen molar-refractivity contribution in [1.82, 2.24) is 15.2 Å². The molecule has 2 rings (SSSR count). The van der Waals surface area contributed by atoms with Crippen LogP contribution in [0.5, 0.6) is 0 Å². The third-order valence-electron chi connectivity index (χ3n) is 3.25. The molecule has 0 radical (unpaired) electrons. The van der Waals surface area contributed by atoms with E-state index in [4.69, 9.17) is 10.5 Å². The molecule has 1 fully saturated rings. The maximum absolute atomic E-state index is 12.2. The highest BCUT2D eigenvalue weighted by atomic mass is 16.5. The predicted molar refractivity (Wildman–Crippen MR) is 77.6 cm³/mol. The van der Waals surface area contributed by atoms with Crippen molar-refractivity contribution < 1.29 is 9.53 Å². The average Bonchev–Trinajstić information content (AvgIpc) is 2.38. The van der Waals surface area contributed by atoms with Gasteiger partial charge in [0.25, 0.3) is 5.91 Å². The quantitative estimate of drug-likeness (QED) is 0.834. The summed E-state index contributed by atoms with van der Waals surface area (Å²) in [7, 11) is 0. The monoisotopic (exact) mass is 278 g/mol. The summed E-state index contributed by atoms with van der Waals surface area (Å²) in [6, 6.07) is 3.42. The van der Waals surface area contributed by atoms with Crippen LogP contribution in [-0.2, 0) is 4.74 Å². The Morgan fingerprint density at radius 1 is 1.50 bits per heavy atom. The zero-order chi connectivity index (χ0) is 14.5. The fourth-order valence-electron chi connectivity index (χ4n) is 2.35. The molecule has 6 heteroatoms. The molecule has 6 nitrogen and oxygen atoms in total. The van der Waals surface area contributed by atoms with E-state index in [1.54, 1.807) is 12.1 Å². The molecule has 1 unspecified atom stereocenters. The lowest BCUT2D eigenvalue weighted by molar-refractivity contribution is 0.0342. The summed E-state index contributed by atoms with van der Waals surface area (Å²) in [5.41, 5.74) is 6.97. The van der Waals surface area contributed by atoms with Crippen molar-refractivity contribution in [3.63, 3.8) is 0 Å². The molecule has 1 saturated heterocycles. The van der Waals surface area contributed by atoms with Crippen LogP contribution in [0.3, 0.4) is 0 Å². The highest BCUT2D eigenvalue weighted by Crippen LogP contribution is 2.07. The number of hydrogen-bond acceptors (Lipinski definition) is 5. The molecule has 1 aliphatic heterocycles. The van der Waals surface area contributed by atoms with E-state index < -0.39 is 0 Å². The first kappa shape index (κ1) is 14.7. The molecule has 1 atom stereocenters. The van der Waals surface area contributed by atoms with Crippen molar-refractivity contribution in [3.05, 3.63) is 23.4 Å². The van der Waals surface area contributed by atoms with Gasteiger partial charge in [0.1, 0.15) is 5.82 Å². The van der Waals surface area contributed by atoms with Gasteiger partial charge >= 0.3 is 0 Å². The van der Waals surface area contributed by atoms with Gasteiger partial charge in [-0.05, 0) is 26.0 Å². The number of hydrogen-bond donors (Lipinski definition) is 2. The topological polar surface area (TPSA) is 80.5 Å². The first-order chi connectivity index (χ1) is 9.54. The third-order valence-corrected chi connectivity index (χ3v) is 3.25. The van der Waals surface area contributed by atoms with E-state index in [1.807, 2.05) is 13.8 Å². The Kier molecular flexibility index (Phi) is 4.92. The number of nitrogens with zero attached hydrogens (tertiary/aromatic N) is 2. The van der Waals surface area contributed by atoms with Crippen LogP contribution in [0, 0.1) is 6.92 Å². The number of carbonyl (C=O) groups excluding carboxylic acids is 1. The van der Waals surface area contributed by atoms with Crippen molar-refractivity contribution in [3.8, 4) is 0 Å². The van der Waals surface area contributed by atoms with E-state index in [2.05, 4.69) is 15.2 Å². The number of nitrogens with two attached hydrogens (primary N) is 1. The highest BCUT2D eigenvalue weighted by molar-refractivity contribution is 5.95. The van der Waals surface area contributed by atoms with E-state index in [9.17, 15) is 4.79 Å². The maximum atomic E-state index is 12.2. The van der Waals surface area contributed by atoms with Gasteiger partial charge < -0.3 is 15.8 Å². The number of aryl methyl sites for hydroxylation is 1. The van der Waals surface area contributed by atoms with Gasteiger partial charge in [-0.3, -0.25) is 9.69 Å². The Morgan fingerprint density at radius 3 is 2.85 bits per heavy atom. The number of anilines is 1. The number of amides is 1. The second-order valence-electron chi connectivity index (χ2n) is 5.21. The summed E-state index contributed by atoms with van der Waals surface area (Å²) in [5.74, 6) is 0.263. The molecule has 0 aliphatic carbocycles. The molecule has 0 saturated carbocycles. The van der Waals surface area contributed by atoms with Gasteiger partial charge in [-0.25, -0.2) is 4.98 Å². The standard InChI is InChI=1S/C14H22N4O2/c1-10-7-12(8-13(15)16-10)14(19)17-11(2)9-18-3-5-20-6-4-18/h7-8,11H,3-6,9H2,1-2H3,(H2,15,16)(H,17,19). The molecule has 110 valence electrons. The molecule has 2 heterocycles. The van der Waals surface area contributed by atoms with E-state index in [0.717, 1.165) is 38.5 Å². The highest BCUT2D eigenvalue weighted by Gasteiger charge is 2.16. The Bertz CT molecular complexity index is 452. The summed E-state index contributed by atoms with van der Waals surface area (Å²) in [4.78, 5) is 18.5. The Labute approximate surface area is 119 Å². The average molecular weight is 278 g/mol. The normalized spacial score (nSPS) is 17.7. The minimum absolute atomic E-state index is 0.0790. The Morgan fingerprint density at radius 2 is 2.20 bits per heavy atom. The van der Waals surface area contributed by atoms with Gasteiger partial charge in [0.05, 0.1) is 13.2 Å². The summed E-state index contributed by atoms with van der Waals surface area (Å²) < 4.78 is 5.31. The molecule has 0 aromatic carbocycles. The van der Waals surface area contributed by atoms with Crippen LogP contribution in [0.2, 0.25) is 0 Å². The van der Waals surface area contributed by atoms with Crippen LogP contribution in [-0.4, -0.2) is 54.7 Å². The number of carbonyl (C=O) groups is 1. The number of pyridine rings is 1. The van der Waals surface area contributed by atoms with Crippen LogP contribution in [0.1, 0.15) is 23.0 Å². The molecule has 1 aliphatic rings. The van der Waals surface area contributed by atoms with Gasteiger partial charge in [-0.2, -0.15) is 0 Å². The number of rotatable bonds is 4. The number of aromatic nitrogens is 1. The first-order valence-electron chi connectivity index (χ1n) is 6.90.